The first kappa shape index (κ1) is 29.8. The van der Waals surface area contributed by atoms with Crippen LogP contribution in [0.2, 0.25) is 0 Å². The summed E-state index contributed by atoms with van der Waals surface area (Å²) >= 11 is 0. The number of benzene rings is 1. The van der Waals surface area contributed by atoms with Gasteiger partial charge in [0.15, 0.2) is 0 Å². The number of methoxy groups -OCH3 is 1. The van der Waals surface area contributed by atoms with Crippen LogP contribution in [0.1, 0.15) is 44.9 Å². The molecule has 0 atom stereocenters. The topological polar surface area (TPSA) is 119 Å². The lowest BCUT2D eigenvalue weighted by atomic mass is 9.90. The third kappa shape index (κ3) is 6.94. The number of nitrogens with one attached hydrogen (secondary N) is 1. The number of sulfonamides is 1. The summed E-state index contributed by atoms with van der Waals surface area (Å²) in [7, 11) is -2.22. The van der Waals surface area contributed by atoms with E-state index in [-0.39, 0.29) is 17.7 Å². The third-order valence-electron chi connectivity index (χ3n) is 8.47. The lowest BCUT2D eigenvalue weighted by molar-refractivity contribution is 0.0776. The van der Waals surface area contributed by atoms with E-state index >= 15 is 4.39 Å². The molecule has 0 amide bonds. The molecule has 6 rings (SSSR count). The van der Waals surface area contributed by atoms with Crippen molar-refractivity contribution < 1.29 is 27.0 Å². The van der Waals surface area contributed by atoms with Crippen molar-refractivity contribution in [3.05, 3.63) is 30.2 Å². The molecule has 11 nitrogen and oxygen atoms in total. The molecule has 1 aromatic carbocycles. The number of nitrogens with zero attached hydrogens (tertiary/aromatic N) is 5. The maximum absolute atomic E-state index is 15.2. The Kier molecular flexibility index (Phi) is 8.83. The van der Waals surface area contributed by atoms with Crippen LogP contribution in [-0.4, -0.2) is 93.2 Å². The van der Waals surface area contributed by atoms with Crippen LogP contribution in [0.4, 0.5) is 16.0 Å². The fraction of sp³-hybridized carbons (Fsp3) is 0.567. The number of ether oxygens (including phenoxy) is 3. The van der Waals surface area contributed by atoms with Crippen molar-refractivity contribution in [2.75, 3.05) is 62.4 Å². The van der Waals surface area contributed by atoms with Gasteiger partial charge in [-0.25, -0.2) is 27.8 Å². The van der Waals surface area contributed by atoms with Gasteiger partial charge in [-0.2, -0.15) is 0 Å². The zero-order valence-corrected chi connectivity index (χ0v) is 25.5. The van der Waals surface area contributed by atoms with Gasteiger partial charge in [-0.1, -0.05) is 6.42 Å². The lowest BCUT2D eigenvalue weighted by Gasteiger charge is -2.38. The first-order chi connectivity index (χ1) is 20.8. The van der Waals surface area contributed by atoms with E-state index in [1.165, 1.54) is 57.8 Å². The van der Waals surface area contributed by atoms with E-state index < -0.39 is 15.8 Å². The number of hydrogen-bond donors (Lipinski definition) is 1. The minimum atomic E-state index is -3.63. The van der Waals surface area contributed by atoms with Crippen LogP contribution in [0.5, 0.6) is 11.6 Å². The molecule has 4 heterocycles. The number of rotatable bonds is 8. The van der Waals surface area contributed by atoms with Crippen molar-refractivity contribution in [2.45, 2.75) is 57.1 Å². The molecule has 43 heavy (non-hydrogen) atoms. The maximum atomic E-state index is 15.2. The Balaban J connectivity index is 1.38. The van der Waals surface area contributed by atoms with Crippen LogP contribution in [0.15, 0.2) is 24.4 Å². The van der Waals surface area contributed by atoms with Crippen LogP contribution in [-0.2, 0) is 14.8 Å². The average Bonchev–Trinajstić information content (AvgIpc) is 3.01. The molecule has 232 valence electrons. The van der Waals surface area contributed by atoms with E-state index in [1.807, 2.05) is 4.90 Å². The summed E-state index contributed by atoms with van der Waals surface area (Å²) in [6.07, 6.45) is 10.3. The highest BCUT2D eigenvalue weighted by molar-refractivity contribution is 7.92. The van der Waals surface area contributed by atoms with Gasteiger partial charge in [-0.05, 0) is 63.7 Å². The summed E-state index contributed by atoms with van der Waals surface area (Å²) in [5.41, 5.74) is 1.55. The highest BCUT2D eigenvalue weighted by Crippen LogP contribution is 2.38. The standard InChI is InChI=1S/C30H39FN6O5S/c1-40-29-25(35-43(2,38)39)16-20(19-32-29)27-24-17-21(31)18-26(28(24)34-30(33-27)37-12-14-41-15-13-37)42-23-8-6-22(7-9-23)36-10-4-3-5-11-36/h16-19,22-23,35H,3-15H2,1-2H3/t22-,23+. The predicted molar refractivity (Wildman–Crippen MR) is 163 cm³/mol. The number of pyridine rings is 1. The summed E-state index contributed by atoms with van der Waals surface area (Å²) in [5.74, 6) is 0.482. The summed E-state index contributed by atoms with van der Waals surface area (Å²) < 4.78 is 59.2. The molecule has 1 aliphatic carbocycles. The van der Waals surface area contributed by atoms with Crippen LogP contribution in [0.25, 0.3) is 22.2 Å². The van der Waals surface area contributed by atoms with Crippen LogP contribution < -0.4 is 19.1 Å². The molecule has 2 saturated heterocycles. The lowest BCUT2D eigenvalue weighted by Crippen LogP contribution is -2.42. The molecule has 3 aliphatic rings. The number of likely N-dealkylation sites (tertiary alicyclic amines) is 1. The molecule has 1 N–H and O–H groups in total. The van der Waals surface area contributed by atoms with E-state index in [9.17, 15) is 8.42 Å². The summed E-state index contributed by atoms with van der Waals surface area (Å²) in [5, 5.41) is 0.450. The summed E-state index contributed by atoms with van der Waals surface area (Å²) in [6.45, 7) is 4.63. The SMILES string of the molecule is COc1ncc(-c2nc(N3CCOCC3)nc3c(O[C@H]4CC[C@@H](N5CCCCC5)CC4)cc(F)cc23)cc1NS(C)(=O)=O. The van der Waals surface area contributed by atoms with Gasteiger partial charge in [0.2, 0.25) is 21.9 Å². The molecule has 2 aliphatic heterocycles. The second-order valence-corrected chi connectivity index (χ2v) is 13.3. The summed E-state index contributed by atoms with van der Waals surface area (Å²) in [6, 6.07) is 4.97. The molecule has 3 aromatic rings. The highest BCUT2D eigenvalue weighted by Gasteiger charge is 2.29. The van der Waals surface area contributed by atoms with Crippen LogP contribution in [0, 0.1) is 5.82 Å². The van der Waals surface area contributed by atoms with Gasteiger partial charge < -0.3 is 24.0 Å². The van der Waals surface area contributed by atoms with Crippen LogP contribution in [0.3, 0.4) is 0 Å². The van der Waals surface area contributed by atoms with E-state index in [1.54, 1.807) is 6.07 Å². The number of morpholine rings is 1. The first-order valence-corrected chi connectivity index (χ1v) is 16.9. The van der Waals surface area contributed by atoms with Gasteiger partial charge in [0.25, 0.3) is 0 Å². The molecule has 0 unspecified atom stereocenters. The second-order valence-electron chi connectivity index (χ2n) is 11.6. The predicted octanol–water partition coefficient (Wildman–Crippen LogP) is 4.22. The molecular weight excluding hydrogens is 575 g/mol. The summed E-state index contributed by atoms with van der Waals surface area (Å²) in [4.78, 5) is 18.7. The second kappa shape index (κ2) is 12.7. The quantitative estimate of drug-likeness (QED) is 0.395. The minimum absolute atomic E-state index is 0.0375. The molecule has 1 saturated carbocycles. The van der Waals surface area contributed by atoms with Gasteiger partial charge in [-0.15, -0.1) is 0 Å². The van der Waals surface area contributed by atoms with Gasteiger partial charge >= 0.3 is 0 Å². The van der Waals surface area contributed by atoms with E-state index in [4.69, 9.17) is 24.2 Å². The highest BCUT2D eigenvalue weighted by atomic mass is 32.2. The Morgan fingerprint density at radius 3 is 2.44 bits per heavy atom. The normalized spacial score (nSPS) is 22.0. The average molecular weight is 615 g/mol. The Hall–Kier alpha value is -3.29. The number of fused-ring (bicyclic) bond motifs is 1. The van der Waals surface area contributed by atoms with Gasteiger partial charge in [0.05, 0.1) is 38.4 Å². The fourth-order valence-electron chi connectivity index (χ4n) is 6.38. The van der Waals surface area contributed by atoms with Gasteiger partial charge in [-0.3, -0.25) is 4.72 Å². The van der Waals surface area contributed by atoms with Crippen LogP contribution >= 0.6 is 0 Å². The zero-order chi connectivity index (χ0) is 30.0. The maximum Gasteiger partial charge on any atom is 0.238 e. The molecule has 13 heteroatoms. The zero-order valence-electron chi connectivity index (χ0n) is 24.7. The smallest absolute Gasteiger partial charge is 0.238 e. The van der Waals surface area contributed by atoms with E-state index in [0.717, 1.165) is 31.9 Å². The van der Waals surface area contributed by atoms with Crippen molar-refractivity contribution in [1.82, 2.24) is 19.9 Å². The number of anilines is 2. The van der Waals surface area contributed by atoms with Crippen molar-refractivity contribution in [1.29, 1.82) is 0 Å². The molecule has 2 aromatic heterocycles. The minimum Gasteiger partial charge on any atom is -0.488 e. The molecule has 0 spiro atoms. The van der Waals surface area contributed by atoms with Gasteiger partial charge in [0, 0.05) is 42.3 Å². The fourth-order valence-corrected chi connectivity index (χ4v) is 6.92. The van der Waals surface area contributed by atoms with Crippen molar-refractivity contribution >= 4 is 32.6 Å². The Morgan fingerprint density at radius 1 is 1.00 bits per heavy atom. The molecule has 0 radical (unpaired) electrons. The van der Waals surface area contributed by atoms with Crippen molar-refractivity contribution in [3.8, 4) is 22.9 Å². The molecular formula is C30H39FN6O5S. The molecule has 3 fully saturated rings. The van der Waals surface area contributed by atoms with E-state index in [0.29, 0.717) is 66.2 Å². The Labute approximate surface area is 251 Å². The largest absolute Gasteiger partial charge is 0.488 e. The van der Waals surface area contributed by atoms with E-state index in [2.05, 4.69) is 14.6 Å². The number of piperidine rings is 1. The Morgan fingerprint density at radius 2 is 1.74 bits per heavy atom. The third-order valence-corrected chi connectivity index (χ3v) is 9.06. The first-order valence-electron chi connectivity index (χ1n) is 15.0. The van der Waals surface area contributed by atoms with Gasteiger partial charge in [0.1, 0.15) is 22.8 Å². The monoisotopic (exact) mass is 614 g/mol. The van der Waals surface area contributed by atoms with Crippen molar-refractivity contribution in [2.24, 2.45) is 0 Å². The van der Waals surface area contributed by atoms with Crippen molar-refractivity contribution in [3.63, 3.8) is 0 Å². The number of hydrogen-bond acceptors (Lipinski definition) is 10. The number of aromatic nitrogens is 3. The number of halogens is 1. The molecule has 0 bridgehead atoms. The Bertz CT molecular complexity index is 1550.